The smallest absolute Gasteiger partial charge is 0.337 e. The van der Waals surface area contributed by atoms with Crippen LogP contribution in [0.3, 0.4) is 0 Å². The molecule has 0 saturated carbocycles. The number of nitrogens with two attached hydrogens (primary N) is 1. The predicted octanol–water partition coefficient (Wildman–Crippen LogP) is 2.77. The minimum absolute atomic E-state index is 0.0478. The van der Waals surface area contributed by atoms with Gasteiger partial charge in [-0.05, 0) is 24.3 Å². The Labute approximate surface area is 187 Å². The van der Waals surface area contributed by atoms with Gasteiger partial charge >= 0.3 is 5.97 Å². The zero-order chi connectivity index (χ0) is 24.1. The van der Waals surface area contributed by atoms with Crippen LogP contribution in [0.2, 0.25) is 0 Å². The van der Waals surface area contributed by atoms with E-state index in [1.54, 1.807) is 19.2 Å². The maximum atomic E-state index is 13.3. The van der Waals surface area contributed by atoms with Crippen molar-refractivity contribution in [2.75, 3.05) is 23.4 Å². The number of carboxylic acids is 1. The van der Waals surface area contributed by atoms with Crippen LogP contribution in [0.25, 0.3) is 0 Å². The molecule has 4 rings (SSSR count). The Bertz CT molecular complexity index is 1480. The van der Waals surface area contributed by atoms with Gasteiger partial charge < -0.3 is 21.5 Å². The van der Waals surface area contributed by atoms with Gasteiger partial charge in [0.15, 0.2) is 11.6 Å². The number of fused-ring (bicyclic) bond motifs is 2. The second kappa shape index (κ2) is 7.73. The Morgan fingerprint density at radius 3 is 2.09 bits per heavy atom. The molecule has 11 heteroatoms. The minimum Gasteiger partial charge on any atom is -0.478 e. The number of aromatic carboxylic acids is 1. The normalized spacial score (nSPS) is 12.7. The fraction of sp³-hybridized carbons (Fsp3) is 0.0455. The highest BCUT2D eigenvalue weighted by Crippen LogP contribution is 2.40. The molecule has 0 aromatic heterocycles. The molecular weight excluding hydrogens is 450 g/mol. The van der Waals surface area contributed by atoms with Gasteiger partial charge in [0.05, 0.1) is 28.1 Å². The molecule has 168 valence electrons. The third-order valence-corrected chi connectivity index (χ3v) is 6.17. The Morgan fingerprint density at radius 2 is 1.55 bits per heavy atom. The maximum Gasteiger partial charge on any atom is 0.337 e. The first-order chi connectivity index (χ1) is 15.5. The van der Waals surface area contributed by atoms with Gasteiger partial charge in [0.1, 0.15) is 4.90 Å². The van der Waals surface area contributed by atoms with Gasteiger partial charge in [-0.3, -0.25) is 14.1 Å². The quantitative estimate of drug-likeness (QED) is 0.217. The van der Waals surface area contributed by atoms with Gasteiger partial charge in [-0.1, -0.05) is 24.3 Å². The van der Waals surface area contributed by atoms with Crippen molar-refractivity contribution < 1.29 is 32.5 Å². The molecule has 0 unspecified atom stereocenters. The fourth-order valence-electron chi connectivity index (χ4n) is 3.78. The summed E-state index contributed by atoms with van der Waals surface area (Å²) in [6, 6.07) is 11.2. The summed E-state index contributed by atoms with van der Waals surface area (Å²) in [6.45, 7) is 0. The molecule has 0 atom stereocenters. The molecule has 1 aliphatic rings. The highest BCUT2D eigenvalue weighted by Gasteiger charge is 2.36. The van der Waals surface area contributed by atoms with Crippen LogP contribution in [-0.2, 0) is 10.1 Å². The molecule has 0 spiro atoms. The topological polar surface area (TPSA) is 176 Å². The van der Waals surface area contributed by atoms with E-state index in [0.29, 0.717) is 5.69 Å². The Kier molecular flexibility index (Phi) is 5.15. The predicted molar refractivity (Wildman–Crippen MR) is 120 cm³/mol. The summed E-state index contributed by atoms with van der Waals surface area (Å²) in [5.74, 6) is -2.48. The molecule has 3 aromatic rings. The zero-order valence-corrected chi connectivity index (χ0v) is 17.9. The van der Waals surface area contributed by atoms with Gasteiger partial charge in [-0.15, -0.1) is 0 Å². The van der Waals surface area contributed by atoms with Crippen molar-refractivity contribution in [2.45, 2.75) is 4.90 Å². The van der Waals surface area contributed by atoms with Crippen LogP contribution in [0, 0.1) is 0 Å². The van der Waals surface area contributed by atoms with Crippen LogP contribution in [0.5, 0.6) is 0 Å². The number of benzene rings is 3. The number of hydrogen-bond acceptors (Lipinski definition) is 8. The number of hydrogen-bond donors (Lipinski definition) is 5. The number of nitrogen functional groups attached to an aromatic ring is 1. The summed E-state index contributed by atoms with van der Waals surface area (Å²) in [7, 11) is -3.32. The van der Waals surface area contributed by atoms with Gasteiger partial charge in [0.2, 0.25) is 0 Å². The lowest BCUT2D eigenvalue weighted by molar-refractivity contribution is 0.0697. The molecule has 0 bridgehead atoms. The highest BCUT2D eigenvalue weighted by atomic mass is 32.2. The summed E-state index contributed by atoms with van der Waals surface area (Å²) in [4.78, 5) is 37.3. The first kappa shape index (κ1) is 22.0. The molecule has 0 aliphatic heterocycles. The Hall–Kier alpha value is -4.22. The summed E-state index contributed by atoms with van der Waals surface area (Å²) in [5.41, 5.74) is 5.30. The standard InChI is InChI=1S/C22H17N3O7S/c1-24-14-7-6-10(8-13(14)22(28)29)25-15-9-16(33(30,31)32)19(23)18-17(15)20(26)11-4-2-3-5-12(11)21(18)27/h2-9,24-25H,23H2,1H3,(H,28,29)(H,30,31,32). The summed E-state index contributed by atoms with van der Waals surface area (Å²) in [6.07, 6.45) is 0. The lowest BCUT2D eigenvalue weighted by atomic mass is 9.82. The number of nitrogens with one attached hydrogen (secondary N) is 2. The van der Waals surface area contributed by atoms with Crippen LogP contribution in [0.1, 0.15) is 42.2 Å². The molecule has 33 heavy (non-hydrogen) atoms. The van der Waals surface area contributed by atoms with Crippen molar-refractivity contribution in [2.24, 2.45) is 0 Å². The van der Waals surface area contributed by atoms with E-state index in [0.717, 1.165) is 6.07 Å². The van der Waals surface area contributed by atoms with Gasteiger partial charge in [-0.2, -0.15) is 8.42 Å². The zero-order valence-electron chi connectivity index (χ0n) is 17.0. The monoisotopic (exact) mass is 467 g/mol. The molecule has 0 heterocycles. The van der Waals surface area contributed by atoms with E-state index in [9.17, 15) is 32.5 Å². The first-order valence-electron chi connectivity index (χ1n) is 9.49. The van der Waals surface area contributed by atoms with Crippen molar-refractivity contribution in [3.05, 3.63) is 76.3 Å². The Balaban J connectivity index is 1.98. The van der Waals surface area contributed by atoms with Crippen LogP contribution < -0.4 is 16.4 Å². The number of rotatable bonds is 5. The molecule has 6 N–H and O–H groups in total. The van der Waals surface area contributed by atoms with Crippen molar-refractivity contribution in [1.29, 1.82) is 0 Å². The van der Waals surface area contributed by atoms with E-state index >= 15 is 0 Å². The lowest BCUT2D eigenvalue weighted by Gasteiger charge is -2.23. The largest absolute Gasteiger partial charge is 0.478 e. The van der Waals surface area contributed by atoms with E-state index in [-0.39, 0.29) is 39.2 Å². The van der Waals surface area contributed by atoms with Crippen LogP contribution in [-0.4, -0.2) is 42.7 Å². The third-order valence-electron chi connectivity index (χ3n) is 5.28. The number of anilines is 4. The van der Waals surface area contributed by atoms with Gasteiger partial charge in [0.25, 0.3) is 10.1 Å². The molecule has 0 fully saturated rings. The van der Waals surface area contributed by atoms with E-state index in [4.69, 9.17) is 5.73 Å². The number of carbonyl (C=O) groups is 3. The highest BCUT2D eigenvalue weighted by molar-refractivity contribution is 7.86. The number of ketones is 2. The molecule has 10 nitrogen and oxygen atoms in total. The lowest BCUT2D eigenvalue weighted by Crippen LogP contribution is -2.25. The van der Waals surface area contributed by atoms with Crippen molar-refractivity contribution in [3.63, 3.8) is 0 Å². The van der Waals surface area contributed by atoms with Crippen LogP contribution in [0.15, 0.2) is 53.4 Å². The van der Waals surface area contributed by atoms with Crippen LogP contribution in [0.4, 0.5) is 22.7 Å². The molecule has 3 aromatic carbocycles. The minimum atomic E-state index is -4.86. The second-order valence-corrected chi connectivity index (χ2v) is 8.60. The summed E-state index contributed by atoms with van der Waals surface area (Å²) in [5, 5.41) is 15.0. The molecular formula is C22H17N3O7S. The SMILES string of the molecule is CNc1ccc(Nc2cc(S(=O)(=O)O)c(N)c3c2C(=O)c2ccccc2C3=O)cc1C(=O)O. The number of carbonyl (C=O) groups excluding carboxylic acids is 2. The van der Waals surface area contributed by atoms with Crippen molar-refractivity contribution in [3.8, 4) is 0 Å². The van der Waals surface area contributed by atoms with Gasteiger partial charge in [-0.25, -0.2) is 4.79 Å². The van der Waals surface area contributed by atoms with E-state index in [2.05, 4.69) is 10.6 Å². The summed E-state index contributed by atoms with van der Waals surface area (Å²) >= 11 is 0. The summed E-state index contributed by atoms with van der Waals surface area (Å²) < 4.78 is 33.6. The first-order valence-corrected chi connectivity index (χ1v) is 10.9. The number of carboxylic acid groups (broad SMARTS) is 1. The van der Waals surface area contributed by atoms with E-state index in [1.807, 2.05) is 0 Å². The average molecular weight is 467 g/mol. The van der Waals surface area contributed by atoms with Crippen molar-refractivity contribution in [1.82, 2.24) is 0 Å². The van der Waals surface area contributed by atoms with Crippen molar-refractivity contribution >= 4 is 50.4 Å². The third kappa shape index (κ3) is 3.58. The molecule has 0 saturated heterocycles. The average Bonchev–Trinajstić information content (AvgIpc) is 2.77. The second-order valence-electron chi connectivity index (χ2n) is 7.21. The fourth-order valence-corrected chi connectivity index (χ4v) is 4.42. The van der Waals surface area contributed by atoms with Gasteiger partial charge in [0, 0.05) is 29.5 Å². The maximum absolute atomic E-state index is 13.3. The van der Waals surface area contributed by atoms with E-state index in [1.165, 1.54) is 30.3 Å². The van der Waals surface area contributed by atoms with Crippen LogP contribution >= 0.6 is 0 Å². The van der Waals surface area contributed by atoms with E-state index < -0.39 is 38.2 Å². The molecule has 1 aliphatic carbocycles. The molecule has 0 radical (unpaired) electrons. The molecule has 0 amide bonds. The Morgan fingerprint density at radius 1 is 0.939 bits per heavy atom.